The molecule has 1 aliphatic rings. The molecule has 5 heteroatoms. The second-order valence-electron chi connectivity index (χ2n) is 6.20. The summed E-state index contributed by atoms with van der Waals surface area (Å²) in [5.41, 5.74) is 1.24. The molecule has 1 aliphatic heterocycles. The van der Waals surface area contributed by atoms with E-state index in [0.29, 0.717) is 0 Å². The molecule has 0 amide bonds. The van der Waals surface area contributed by atoms with Crippen molar-refractivity contribution in [2.24, 2.45) is 5.92 Å². The van der Waals surface area contributed by atoms with Crippen LogP contribution in [0.3, 0.4) is 0 Å². The number of methoxy groups -OCH3 is 2. The van der Waals surface area contributed by atoms with Crippen LogP contribution in [0.15, 0.2) is 36.9 Å². The van der Waals surface area contributed by atoms with Gasteiger partial charge in [0.05, 0.1) is 20.5 Å². The second-order valence-corrected chi connectivity index (χ2v) is 6.20. The van der Waals surface area contributed by atoms with E-state index in [1.165, 1.54) is 18.4 Å². The van der Waals surface area contributed by atoms with Gasteiger partial charge in [-0.15, -0.1) is 0 Å². The largest absolute Gasteiger partial charge is 0.497 e. The zero-order valence-corrected chi connectivity index (χ0v) is 13.9. The number of aromatic nitrogens is 2. The van der Waals surface area contributed by atoms with Gasteiger partial charge in [0.25, 0.3) is 0 Å². The highest BCUT2D eigenvalue weighted by atomic mass is 16.5. The van der Waals surface area contributed by atoms with E-state index in [0.717, 1.165) is 43.6 Å². The van der Waals surface area contributed by atoms with Crippen molar-refractivity contribution in [3.05, 3.63) is 42.5 Å². The molecule has 2 aromatic rings. The first kappa shape index (κ1) is 15.9. The fourth-order valence-corrected chi connectivity index (χ4v) is 3.24. The lowest BCUT2D eigenvalue weighted by Gasteiger charge is -2.32. The van der Waals surface area contributed by atoms with Crippen LogP contribution in [-0.4, -0.2) is 41.8 Å². The van der Waals surface area contributed by atoms with Crippen LogP contribution < -0.4 is 9.47 Å². The number of hydrogen-bond acceptors (Lipinski definition) is 4. The maximum Gasteiger partial charge on any atom is 0.122 e. The van der Waals surface area contributed by atoms with E-state index < -0.39 is 0 Å². The number of nitrogens with zero attached hydrogens (tertiary/aromatic N) is 3. The topological polar surface area (TPSA) is 39.5 Å². The lowest BCUT2D eigenvalue weighted by atomic mass is 9.96. The standard InChI is InChI=1S/C18H25N3O2/c1-22-17-9-16(10-18(11-17)23-2)13-20-6-3-15(4-7-20)12-21-8-5-19-14-21/h5,8-11,14-15H,3-4,6-7,12-13H2,1-2H3. The van der Waals surface area contributed by atoms with Crippen LogP contribution in [-0.2, 0) is 13.1 Å². The molecule has 0 unspecified atom stereocenters. The van der Waals surface area contributed by atoms with Crippen molar-refractivity contribution in [1.29, 1.82) is 0 Å². The molecular weight excluding hydrogens is 290 g/mol. The van der Waals surface area contributed by atoms with E-state index >= 15 is 0 Å². The van der Waals surface area contributed by atoms with Gasteiger partial charge in [0.15, 0.2) is 0 Å². The van der Waals surface area contributed by atoms with Gasteiger partial charge in [0.2, 0.25) is 0 Å². The number of benzene rings is 1. The molecule has 0 N–H and O–H groups in total. The highest BCUT2D eigenvalue weighted by molar-refractivity contribution is 5.38. The van der Waals surface area contributed by atoms with E-state index in [-0.39, 0.29) is 0 Å². The molecular formula is C18H25N3O2. The van der Waals surface area contributed by atoms with E-state index in [1.807, 2.05) is 18.6 Å². The third-order valence-corrected chi connectivity index (χ3v) is 4.55. The Balaban J connectivity index is 1.54. The summed E-state index contributed by atoms with van der Waals surface area (Å²) in [4.78, 5) is 6.63. The number of likely N-dealkylation sites (tertiary alicyclic amines) is 1. The summed E-state index contributed by atoms with van der Waals surface area (Å²) in [5.74, 6) is 2.46. The molecule has 0 saturated carbocycles. The van der Waals surface area contributed by atoms with Gasteiger partial charge in [-0.2, -0.15) is 0 Å². The van der Waals surface area contributed by atoms with Crippen LogP contribution in [0.25, 0.3) is 0 Å². The van der Waals surface area contributed by atoms with E-state index in [4.69, 9.17) is 9.47 Å². The maximum atomic E-state index is 5.36. The van der Waals surface area contributed by atoms with Crippen LogP contribution >= 0.6 is 0 Å². The van der Waals surface area contributed by atoms with Crippen LogP contribution in [0.2, 0.25) is 0 Å². The van der Waals surface area contributed by atoms with Crippen molar-refractivity contribution >= 4 is 0 Å². The minimum absolute atomic E-state index is 0.750. The summed E-state index contributed by atoms with van der Waals surface area (Å²) in [6, 6.07) is 6.11. The average molecular weight is 315 g/mol. The molecule has 0 spiro atoms. The Hall–Kier alpha value is -2.01. The molecule has 5 nitrogen and oxygen atoms in total. The number of piperidine rings is 1. The van der Waals surface area contributed by atoms with Gasteiger partial charge < -0.3 is 14.0 Å². The first-order valence-electron chi connectivity index (χ1n) is 8.17. The SMILES string of the molecule is COc1cc(CN2CCC(Cn3ccnc3)CC2)cc(OC)c1. The van der Waals surface area contributed by atoms with Crippen molar-refractivity contribution in [2.75, 3.05) is 27.3 Å². The minimum Gasteiger partial charge on any atom is -0.497 e. The molecule has 0 atom stereocenters. The fourth-order valence-electron chi connectivity index (χ4n) is 3.24. The Morgan fingerprint density at radius 3 is 2.35 bits per heavy atom. The molecule has 1 saturated heterocycles. The first-order valence-corrected chi connectivity index (χ1v) is 8.17. The van der Waals surface area contributed by atoms with Crippen molar-refractivity contribution < 1.29 is 9.47 Å². The van der Waals surface area contributed by atoms with Crippen LogP contribution in [0.1, 0.15) is 18.4 Å². The number of ether oxygens (including phenoxy) is 2. The van der Waals surface area contributed by atoms with Gasteiger partial charge in [0, 0.05) is 31.5 Å². The molecule has 124 valence electrons. The molecule has 0 aliphatic carbocycles. The minimum atomic E-state index is 0.750. The maximum absolute atomic E-state index is 5.36. The molecule has 2 heterocycles. The summed E-state index contributed by atoms with van der Waals surface area (Å²) in [5, 5.41) is 0. The number of imidazole rings is 1. The summed E-state index contributed by atoms with van der Waals surface area (Å²) in [6.07, 6.45) is 8.29. The van der Waals surface area contributed by atoms with Gasteiger partial charge in [-0.25, -0.2) is 4.98 Å². The van der Waals surface area contributed by atoms with Gasteiger partial charge in [-0.3, -0.25) is 4.90 Å². The second kappa shape index (κ2) is 7.51. The van der Waals surface area contributed by atoms with Crippen LogP contribution in [0.4, 0.5) is 0 Å². The Morgan fingerprint density at radius 1 is 1.09 bits per heavy atom. The number of hydrogen-bond donors (Lipinski definition) is 0. The molecule has 3 rings (SSSR count). The summed E-state index contributed by atoms with van der Waals surface area (Å²) in [7, 11) is 3.39. The first-order chi connectivity index (χ1) is 11.3. The Labute approximate surface area is 137 Å². The predicted octanol–water partition coefficient (Wildman–Crippen LogP) is 2.81. The zero-order valence-electron chi connectivity index (χ0n) is 13.9. The third kappa shape index (κ3) is 4.26. The molecule has 23 heavy (non-hydrogen) atoms. The Kier molecular flexibility index (Phi) is 5.18. The van der Waals surface area contributed by atoms with Crippen molar-refractivity contribution in [2.45, 2.75) is 25.9 Å². The Bertz CT molecular complexity index is 582. The molecule has 0 bridgehead atoms. The highest BCUT2D eigenvalue weighted by Crippen LogP contribution is 2.25. The predicted molar refractivity (Wildman–Crippen MR) is 89.8 cm³/mol. The smallest absolute Gasteiger partial charge is 0.122 e. The van der Waals surface area contributed by atoms with Gasteiger partial charge >= 0.3 is 0 Å². The van der Waals surface area contributed by atoms with Crippen molar-refractivity contribution in [3.63, 3.8) is 0 Å². The lowest BCUT2D eigenvalue weighted by Crippen LogP contribution is -2.34. The summed E-state index contributed by atoms with van der Waals surface area (Å²) >= 11 is 0. The van der Waals surface area contributed by atoms with Gasteiger partial charge in [0.1, 0.15) is 11.5 Å². The highest BCUT2D eigenvalue weighted by Gasteiger charge is 2.19. The Morgan fingerprint density at radius 2 is 1.78 bits per heavy atom. The third-order valence-electron chi connectivity index (χ3n) is 4.55. The van der Waals surface area contributed by atoms with E-state index in [2.05, 4.69) is 32.8 Å². The van der Waals surface area contributed by atoms with Crippen molar-refractivity contribution in [1.82, 2.24) is 14.5 Å². The van der Waals surface area contributed by atoms with Gasteiger partial charge in [-0.05, 0) is 49.5 Å². The monoisotopic (exact) mass is 315 g/mol. The summed E-state index contributed by atoms with van der Waals surface area (Å²) < 4.78 is 12.9. The molecule has 0 radical (unpaired) electrons. The lowest BCUT2D eigenvalue weighted by molar-refractivity contribution is 0.167. The van der Waals surface area contributed by atoms with E-state index in [1.54, 1.807) is 14.2 Å². The zero-order chi connectivity index (χ0) is 16.1. The molecule has 1 aromatic heterocycles. The van der Waals surface area contributed by atoms with Gasteiger partial charge in [-0.1, -0.05) is 0 Å². The van der Waals surface area contributed by atoms with Crippen LogP contribution in [0.5, 0.6) is 11.5 Å². The van der Waals surface area contributed by atoms with Crippen LogP contribution in [0, 0.1) is 5.92 Å². The van der Waals surface area contributed by atoms with Crippen molar-refractivity contribution in [3.8, 4) is 11.5 Å². The quantitative estimate of drug-likeness (QED) is 0.822. The molecule has 1 aromatic carbocycles. The van der Waals surface area contributed by atoms with E-state index in [9.17, 15) is 0 Å². The number of rotatable bonds is 6. The molecule has 1 fully saturated rings. The normalized spacial score (nSPS) is 16.4. The summed E-state index contributed by atoms with van der Waals surface area (Å²) in [6.45, 7) is 4.31. The average Bonchev–Trinajstić information content (AvgIpc) is 3.09. The fraction of sp³-hybridized carbons (Fsp3) is 0.500.